The Kier molecular flexibility index (Phi) is 4.51. The zero-order chi connectivity index (χ0) is 17.4. The van der Waals surface area contributed by atoms with Gasteiger partial charge < -0.3 is 4.74 Å². The van der Waals surface area contributed by atoms with E-state index in [0.717, 1.165) is 24.4 Å². The minimum Gasteiger partial charge on any atom is -0.494 e. The number of benzene rings is 2. The molecule has 2 atom stereocenters. The average Bonchev–Trinajstić information content (AvgIpc) is 3.07. The molecule has 2 aromatic carbocycles. The topological polar surface area (TPSA) is 12.5 Å². The average molecular weight is 339 g/mol. The molecular formula is C22H26FNO. The zero-order valence-corrected chi connectivity index (χ0v) is 15.1. The molecule has 4 rings (SSSR count). The molecule has 2 nitrogen and oxygen atoms in total. The molecule has 0 N–H and O–H groups in total. The van der Waals surface area contributed by atoms with Crippen molar-refractivity contribution in [2.45, 2.75) is 51.1 Å². The second kappa shape index (κ2) is 6.80. The Morgan fingerprint density at radius 1 is 1.12 bits per heavy atom. The maximum absolute atomic E-state index is 14.6. The van der Waals surface area contributed by atoms with Gasteiger partial charge in [0.25, 0.3) is 0 Å². The molecule has 3 heteroatoms. The van der Waals surface area contributed by atoms with Crippen LogP contribution in [-0.4, -0.2) is 30.6 Å². The second-order valence-electron chi connectivity index (χ2n) is 7.43. The molecule has 0 amide bonds. The van der Waals surface area contributed by atoms with Gasteiger partial charge in [-0.1, -0.05) is 30.3 Å². The summed E-state index contributed by atoms with van der Waals surface area (Å²) in [5.41, 5.74) is 4.38. The van der Waals surface area contributed by atoms with E-state index in [1.807, 2.05) is 12.1 Å². The van der Waals surface area contributed by atoms with Crippen molar-refractivity contribution in [2.75, 3.05) is 13.7 Å². The number of methoxy groups -OCH3 is 1. The van der Waals surface area contributed by atoms with Crippen molar-refractivity contribution in [1.29, 1.82) is 0 Å². The summed E-state index contributed by atoms with van der Waals surface area (Å²) in [7, 11) is 1.51. The molecule has 0 saturated carbocycles. The summed E-state index contributed by atoms with van der Waals surface area (Å²) in [5.74, 6) is 0.0304. The maximum atomic E-state index is 14.6. The first-order valence-electron chi connectivity index (χ1n) is 9.38. The molecule has 2 unspecified atom stereocenters. The zero-order valence-electron chi connectivity index (χ0n) is 15.1. The van der Waals surface area contributed by atoms with Gasteiger partial charge in [0, 0.05) is 17.6 Å². The van der Waals surface area contributed by atoms with Crippen molar-refractivity contribution < 1.29 is 9.13 Å². The Bertz CT molecular complexity index is 773. The van der Waals surface area contributed by atoms with Crippen LogP contribution >= 0.6 is 0 Å². The van der Waals surface area contributed by atoms with Gasteiger partial charge in [0.15, 0.2) is 11.6 Å². The lowest BCUT2D eigenvalue weighted by molar-refractivity contribution is 0.174. The van der Waals surface area contributed by atoms with Crippen molar-refractivity contribution in [2.24, 2.45) is 0 Å². The lowest BCUT2D eigenvalue weighted by Gasteiger charge is -2.35. The van der Waals surface area contributed by atoms with Crippen LogP contribution in [0.25, 0.3) is 11.1 Å². The molecule has 1 aliphatic heterocycles. The number of hydrogen-bond donors (Lipinski definition) is 0. The van der Waals surface area contributed by atoms with E-state index in [9.17, 15) is 4.39 Å². The molecule has 132 valence electrons. The van der Waals surface area contributed by atoms with E-state index < -0.39 is 0 Å². The normalized spacial score (nSPS) is 23.5. The summed E-state index contributed by atoms with van der Waals surface area (Å²) in [5, 5.41) is 0. The number of halogens is 1. The third-order valence-corrected chi connectivity index (χ3v) is 5.98. The first-order valence-corrected chi connectivity index (χ1v) is 9.38. The Hall–Kier alpha value is -1.87. The van der Waals surface area contributed by atoms with Crippen LogP contribution in [0.2, 0.25) is 0 Å². The van der Waals surface area contributed by atoms with E-state index in [4.69, 9.17) is 4.74 Å². The number of rotatable bonds is 3. The molecule has 1 saturated heterocycles. The number of likely N-dealkylation sites (tertiary alicyclic amines) is 1. The van der Waals surface area contributed by atoms with E-state index in [1.165, 1.54) is 44.0 Å². The third kappa shape index (κ3) is 3.06. The minimum absolute atomic E-state index is 0.274. The van der Waals surface area contributed by atoms with Gasteiger partial charge >= 0.3 is 0 Å². The number of fused-ring (bicyclic) bond motifs is 1. The van der Waals surface area contributed by atoms with Crippen LogP contribution in [0.4, 0.5) is 4.39 Å². The SMILES string of the molecule is COc1cccc(-c2ccc3c(c2)CCC(N2CCCC2C)C3)c1F. The van der Waals surface area contributed by atoms with Gasteiger partial charge in [-0.05, 0) is 68.3 Å². The predicted molar refractivity (Wildman–Crippen MR) is 99.6 cm³/mol. The quantitative estimate of drug-likeness (QED) is 0.793. The lowest BCUT2D eigenvalue weighted by Crippen LogP contribution is -2.41. The highest BCUT2D eigenvalue weighted by atomic mass is 19.1. The molecule has 0 radical (unpaired) electrons. The Balaban J connectivity index is 1.60. The largest absolute Gasteiger partial charge is 0.494 e. The van der Waals surface area contributed by atoms with Crippen LogP contribution in [-0.2, 0) is 12.8 Å². The van der Waals surface area contributed by atoms with Gasteiger partial charge in [0.05, 0.1) is 7.11 Å². The summed E-state index contributed by atoms with van der Waals surface area (Å²) in [6.07, 6.45) is 6.08. The van der Waals surface area contributed by atoms with Gasteiger partial charge in [0.1, 0.15) is 0 Å². The van der Waals surface area contributed by atoms with Crippen molar-refractivity contribution in [3.05, 3.63) is 53.3 Å². The molecular weight excluding hydrogens is 313 g/mol. The van der Waals surface area contributed by atoms with Crippen LogP contribution in [0.1, 0.15) is 37.3 Å². The van der Waals surface area contributed by atoms with Gasteiger partial charge in [-0.3, -0.25) is 4.90 Å². The molecule has 2 aliphatic rings. The minimum atomic E-state index is -0.274. The molecule has 1 fully saturated rings. The molecule has 1 heterocycles. The van der Waals surface area contributed by atoms with Gasteiger partial charge in [-0.25, -0.2) is 4.39 Å². The molecule has 25 heavy (non-hydrogen) atoms. The summed E-state index contributed by atoms with van der Waals surface area (Å²) in [6.45, 7) is 3.60. The highest BCUT2D eigenvalue weighted by Crippen LogP contribution is 2.34. The summed E-state index contributed by atoms with van der Waals surface area (Å²) in [6, 6.07) is 13.2. The fourth-order valence-electron chi connectivity index (χ4n) is 4.58. The first-order chi connectivity index (χ1) is 12.2. The van der Waals surface area contributed by atoms with Crippen molar-refractivity contribution in [3.63, 3.8) is 0 Å². The second-order valence-corrected chi connectivity index (χ2v) is 7.43. The van der Waals surface area contributed by atoms with Crippen LogP contribution in [0.5, 0.6) is 5.75 Å². The molecule has 2 aromatic rings. The predicted octanol–water partition coefficient (Wildman–Crippen LogP) is 4.84. The van der Waals surface area contributed by atoms with E-state index >= 15 is 0 Å². The monoisotopic (exact) mass is 339 g/mol. The summed E-state index contributed by atoms with van der Waals surface area (Å²) < 4.78 is 19.7. The highest BCUT2D eigenvalue weighted by Gasteiger charge is 2.30. The van der Waals surface area contributed by atoms with Gasteiger partial charge in [0.2, 0.25) is 0 Å². The van der Waals surface area contributed by atoms with Gasteiger partial charge in [-0.2, -0.15) is 0 Å². The number of nitrogens with zero attached hydrogens (tertiary/aromatic N) is 1. The standard InChI is InChI=1S/C22H26FNO/c1-15-5-4-12-24(15)19-11-10-16-13-18(9-8-17(16)14-19)20-6-3-7-21(25-2)22(20)23/h3,6-9,13,15,19H,4-5,10-12,14H2,1-2H3. The van der Waals surface area contributed by atoms with Crippen molar-refractivity contribution in [1.82, 2.24) is 4.90 Å². The van der Waals surface area contributed by atoms with E-state index in [1.54, 1.807) is 6.07 Å². The number of ether oxygens (including phenoxy) is 1. The molecule has 0 aromatic heterocycles. The first kappa shape index (κ1) is 16.6. The molecule has 1 aliphatic carbocycles. The van der Waals surface area contributed by atoms with Crippen LogP contribution in [0.15, 0.2) is 36.4 Å². The van der Waals surface area contributed by atoms with Gasteiger partial charge in [-0.15, -0.1) is 0 Å². The van der Waals surface area contributed by atoms with E-state index in [0.29, 0.717) is 17.4 Å². The third-order valence-electron chi connectivity index (χ3n) is 5.98. The van der Waals surface area contributed by atoms with E-state index in [2.05, 4.69) is 30.0 Å². The number of hydrogen-bond acceptors (Lipinski definition) is 2. The van der Waals surface area contributed by atoms with Crippen molar-refractivity contribution >= 4 is 0 Å². The fraction of sp³-hybridized carbons (Fsp3) is 0.455. The fourth-order valence-corrected chi connectivity index (χ4v) is 4.58. The van der Waals surface area contributed by atoms with Crippen molar-refractivity contribution in [3.8, 4) is 16.9 Å². The number of aryl methyl sites for hydroxylation is 1. The van der Waals surface area contributed by atoms with Crippen LogP contribution in [0, 0.1) is 5.82 Å². The van der Waals surface area contributed by atoms with E-state index in [-0.39, 0.29) is 5.82 Å². The maximum Gasteiger partial charge on any atom is 0.172 e. The summed E-state index contributed by atoms with van der Waals surface area (Å²) >= 11 is 0. The lowest BCUT2D eigenvalue weighted by atomic mass is 9.85. The smallest absolute Gasteiger partial charge is 0.172 e. The summed E-state index contributed by atoms with van der Waals surface area (Å²) in [4.78, 5) is 2.69. The van der Waals surface area contributed by atoms with Crippen LogP contribution in [0.3, 0.4) is 0 Å². The molecule has 0 spiro atoms. The Labute approximate surface area is 149 Å². The molecule has 0 bridgehead atoms. The highest BCUT2D eigenvalue weighted by molar-refractivity contribution is 5.67. The Morgan fingerprint density at radius 2 is 2.00 bits per heavy atom. The Morgan fingerprint density at radius 3 is 2.76 bits per heavy atom. The van der Waals surface area contributed by atoms with Crippen LogP contribution < -0.4 is 4.74 Å².